The van der Waals surface area contributed by atoms with Crippen molar-refractivity contribution in [2.45, 2.75) is 140 Å². The van der Waals surface area contributed by atoms with Crippen LogP contribution >= 0.6 is 11.8 Å². The minimum absolute atomic E-state index is 0.192. The molecular weight excluding hydrogens is 526 g/mol. The summed E-state index contributed by atoms with van der Waals surface area (Å²) in [4.78, 5) is 0. The van der Waals surface area contributed by atoms with Crippen molar-refractivity contribution in [3.63, 3.8) is 0 Å². The summed E-state index contributed by atoms with van der Waals surface area (Å²) < 4.78 is 2.22. The third-order valence-corrected chi connectivity index (χ3v) is 9.09. The summed E-state index contributed by atoms with van der Waals surface area (Å²) in [6.45, 7) is 4.50. The molecule has 2 N–H and O–H groups in total. The standard InChI is InChI=1S/C35H53N3O2S/c1-3-5-7-8-9-10-11-12-13-14-15-20-23-32(28-29-27-31(39)25-26-33(29)40)41-35-37-36-34(24-17-6-4-2)38(35)30-21-18-16-19-22-30/h16,18-19,21-22,25-27,32,39-40H,3-15,17,20,23-24,28H2,1-2H3. The number of phenolic OH excluding ortho intramolecular Hbond substituents is 2. The Bertz CT molecular complexity index is 1100. The fraction of sp³-hybridized carbons (Fsp3) is 0.600. The average Bonchev–Trinajstić information content (AvgIpc) is 3.38. The van der Waals surface area contributed by atoms with Crippen LogP contribution in [0.15, 0.2) is 53.7 Å². The van der Waals surface area contributed by atoms with Crippen LogP contribution in [0.3, 0.4) is 0 Å². The van der Waals surface area contributed by atoms with E-state index in [-0.39, 0.29) is 16.7 Å². The Morgan fingerprint density at radius 1 is 0.707 bits per heavy atom. The molecule has 0 aliphatic rings. The van der Waals surface area contributed by atoms with Crippen molar-refractivity contribution in [1.29, 1.82) is 0 Å². The summed E-state index contributed by atoms with van der Waals surface area (Å²) in [5.74, 6) is 1.45. The van der Waals surface area contributed by atoms with Gasteiger partial charge in [-0.3, -0.25) is 4.57 Å². The molecule has 1 atom stereocenters. The van der Waals surface area contributed by atoms with Crippen molar-refractivity contribution >= 4 is 11.8 Å². The van der Waals surface area contributed by atoms with Gasteiger partial charge in [0.1, 0.15) is 17.3 Å². The lowest BCUT2D eigenvalue weighted by Gasteiger charge is -2.18. The van der Waals surface area contributed by atoms with E-state index in [2.05, 4.69) is 52.9 Å². The third kappa shape index (κ3) is 12.1. The van der Waals surface area contributed by atoms with Crippen molar-refractivity contribution < 1.29 is 10.2 Å². The highest BCUT2D eigenvalue weighted by atomic mass is 32.2. The molecule has 5 nitrogen and oxygen atoms in total. The molecule has 0 bridgehead atoms. The van der Waals surface area contributed by atoms with Crippen molar-refractivity contribution in [3.05, 3.63) is 59.9 Å². The molecular formula is C35H53N3O2S. The van der Waals surface area contributed by atoms with Crippen LogP contribution in [0.25, 0.3) is 5.69 Å². The van der Waals surface area contributed by atoms with E-state index in [0.717, 1.165) is 47.9 Å². The predicted molar refractivity (Wildman–Crippen MR) is 173 cm³/mol. The summed E-state index contributed by atoms with van der Waals surface area (Å²) >= 11 is 1.76. The second kappa shape index (κ2) is 19.6. The van der Waals surface area contributed by atoms with Gasteiger partial charge in [0.05, 0.1) is 0 Å². The molecule has 6 heteroatoms. The zero-order valence-corrected chi connectivity index (χ0v) is 26.4. The number of thioether (sulfide) groups is 1. The number of aromatic hydroxyl groups is 2. The number of aryl methyl sites for hydroxylation is 1. The highest BCUT2D eigenvalue weighted by Crippen LogP contribution is 2.34. The van der Waals surface area contributed by atoms with Gasteiger partial charge in [-0.1, -0.05) is 134 Å². The fourth-order valence-corrected chi connectivity index (χ4v) is 6.70. The van der Waals surface area contributed by atoms with E-state index in [9.17, 15) is 10.2 Å². The van der Waals surface area contributed by atoms with Gasteiger partial charge in [-0.15, -0.1) is 10.2 Å². The Hall–Kier alpha value is -2.47. The molecule has 0 amide bonds. The SMILES string of the molecule is CCCCCCCCCCCCCCC(Cc1cc(O)ccc1O)Sc1nnc(CCCCC)n1-c1ccccc1. The summed E-state index contributed by atoms with van der Waals surface area (Å²) in [6, 6.07) is 15.2. The number of nitrogens with zero attached hydrogens (tertiary/aromatic N) is 3. The molecule has 226 valence electrons. The summed E-state index contributed by atoms with van der Waals surface area (Å²) in [5, 5.41) is 31.0. The number of unbranched alkanes of at least 4 members (excludes halogenated alkanes) is 13. The second-order valence-corrected chi connectivity index (χ2v) is 12.7. The van der Waals surface area contributed by atoms with Gasteiger partial charge in [0.25, 0.3) is 0 Å². The Labute approximate surface area is 253 Å². The van der Waals surface area contributed by atoms with E-state index in [4.69, 9.17) is 0 Å². The molecule has 3 rings (SSSR count). The lowest BCUT2D eigenvalue weighted by atomic mass is 10.0. The van der Waals surface area contributed by atoms with E-state index in [1.165, 1.54) is 83.5 Å². The number of hydrogen-bond acceptors (Lipinski definition) is 5. The first kappa shape index (κ1) is 33.0. The highest BCUT2D eigenvalue weighted by molar-refractivity contribution is 7.99. The number of para-hydroxylation sites is 1. The maximum absolute atomic E-state index is 10.5. The zero-order chi connectivity index (χ0) is 29.1. The number of hydrogen-bond donors (Lipinski definition) is 2. The summed E-state index contributed by atoms with van der Waals surface area (Å²) in [7, 11) is 0. The van der Waals surface area contributed by atoms with Crippen LogP contribution in [0.1, 0.15) is 128 Å². The van der Waals surface area contributed by atoms with E-state index >= 15 is 0 Å². The van der Waals surface area contributed by atoms with Crippen LogP contribution in [-0.2, 0) is 12.8 Å². The fourth-order valence-electron chi connectivity index (χ4n) is 5.45. The topological polar surface area (TPSA) is 71.2 Å². The molecule has 0 spiro atoms. The van der Waals surface area contributed by atoms with Gasteiger partial charge in [-0.25, -0.2) is 0 Å². The largest absolute Gasteiger partial charge is 0.508 e. The molecule has 0 saturated heterocycles. The Balaban J connectivity index is 1.60. The molecule has 2 aromatic carbocycles. The van der Waals surface area contributed by atoms with Gasteiger partial charge in [-0.2, -0.15) is 0 Å². The number of phenols is 2. The molecule has 1 unspecified atom stereocenters. The molecule has 1 heterocycles. The molecule has 0 radical (unpaired) electrons. The Kier molecular flexibility index (Phi) is 15.8. The van der Waals surface area contributed by atoms with Gasteiger partial charge < -0.3 is 10.2 Å². The van der Waals surface area contributed by atoms with E-state index in [1.54, 1.807) is 30.0 Å². The van der Waals surface area contributed by atoms with Gasteiger partial charge in [0.15, 0.2) is 5.16 Å². The Morgan fingerprint density at radius 2 is 1.32 bits per heavy atom. The third-order valence-electron chi connectivity index (χ3n) is 7.88. The van der Waals surface area contributed by atoms with Crippen LogP contribution in [0, 0.1) is 0 Å². The first-order chi connectivity index (χ1) is 20.1. The lowest BCUT2D eigenvalue weighted by Crippen LogP contribution is -2.10. The molecule has 1 aromatic heterocycles. The molecule has 0 aliphatic heterocycles. The van der Waals surface area contributed by atoms with Gasteiger partial charge >= 0.3 is 0 Å². The van der Waals surface area contributed by atoms with Crippen LogP contribution < -0.4 is 0 Å². The average molecular weight is 580 g/mol. The molecule has 41 heavy (non-hydrogen) atoms. The van der Waals surface area contributed by atoms with E-state index < -0.39 is 0 Å². The van der Waals surface area contributed by atoms with Gasteiger partial charge in [0.2, 0.25) is 0 Å². The first-order valence-corrected chi connectivity index (χ1v) is 17.2. The number of aromatic nitrogens is 3. The number of benzene rings is 2. The zero-order valence-electron chi connectivity index (χ0n) is 25.6. The van der Waals surface area contributed by atoms with Gasteiger partial charge in [0, 0.05) is 17.4 Å². The highest BCUT2D eigenvalue weighted by Gasteiger charge is 2.21. The Morgan fingerprint density at radius 3 is 1.98 bits per heavy atom. The minimum Gasteiger partial charge on any atom is -0.508 e. The molecule has 3 aromatic rings. The molecule has 0 saturated carbocycles. The van der Waals surface area contributed by atoms with Crippen LogP contribution in [0.4, 0.5) is 0 Å². The second-order valence-electron chi connectivity index (χ2n) is 11.5. The van der Waals surface area contributed by atoms with Crippen LogP contribution in [-0.4, -0.2) is 30.2 Å². The van der Waals surface area contributed by atoms with Crippen LogP contribution in [0.2, 0.25) is 0 Å². The molecule has 0 fully saturated rings. The normalized spacial score (nSPS) is 12.1. The summed E-state index contributed by atoms with van der Waals surface area (Å²) in [6.07, 6.45) is 22.1. The van der Waals surface area contributed by atoms with E-state index in [1.807, 2.05) is 6.07 Å². The maximum atomic E-state index is 10.5. The molecule has 0 aliphatic carbocycles. The quantitative estimate of drug-likeness (QED) is 0.0704. The minimum atomic E-state index is 0.192. The van der Waals surface area contributed by atoms with Crippen molar-refractivity contribution in [2.24, 2.45) is 0 Å². The van der Waals surface area contributed by atoms with E-state index in [0.29, 0.717) is 6.42 Å². The van der Waals surface area contributed by atoms with Crippen molar-refractivity contribution in [2.75, 3.05) is 0 Å². The smallest absolute Gasteiger partial charge is 0.196 e. The lowest BCUT2D eigenvalue weighted by molar-refractivity contribution is 0.452. The first-order valence-electron chi connectivity index (χ1n) is 16.3. The van der Waals surface area contributed by atoms with Gasteiger partial charge in [-0.05, 0) is 55.2 Å². The maximum Gasteiger partial charge on any atom is 0.196 e. The predicted octanol–water partition coefficient (Wildman–Crippen LogP) is 10.2. The summed E-state index contributed by atoms with van der Waals surface area (Å²) in [5.41, 5.74) is 1.88. The van der Waals surface area contributed by atoms with Crippen LogP contribution in [0.5, 0.6) is 11.5 Å². The van der Waals surface area contributed by atoms with Crippen molar-refractivity contribution in [3.8, 4) is 17.2 Å². The monoisotopic (exact) mass is 579 g/mol. The van der Waals surface area contributed by atoms with Crippen molar-refractivity contribution in [1.82, 2.24) is 14.8 Å². The number of rotatable bonds is 22.